The second kappa shape index (κ2) is 4.97. The molecule has 0 spiro atoms. The fourth-order valence-electron chi connectivity index (χ4n) is 2.52. The molecule has 3 heteroatoms. The van der Waals surface area contributed by atoms with Gasteiger partial charge in [-0.1, -0.05) is 33.8 Å². The summed E-state index contributed by atoms with van der Waals surface area (Å²) in [5.74, 6) is 1.59. The smallest absolute Gasteiger partial charge is 0.112 e. The average Bonchev–Trinajstić information content (AvgIpc) is 2.66. The summed E-state index contributed by atoms with van der Waals surface area (Å²) in [5, 5.41) is 0. The minimum atomic E-state index is 0.142. The Balaban J connectivity index is 2.41. The average molecular weight is 259 g/mol. The Morgan fingerprint density at radius 1 is 1.32 bits per heavy atom. The molecule has 2 rings (SSSR count). The molecule has 0 fully saturated rings. The Labute approximate surface area is 115 Å². The van der Waals surface area contributed by atoms with Crippen LogP contribution in [0.2, 0.25) is 0 Å². The molecule has 0 saturated heterocycles. The number of hydrogen-bond donors (Lipinski definition) is 1. The fraction of sp³-hybridized carbons (Fsp3) is 0.562. The zero-order valence-electron chi connectivity index (χ0n) is 12.7. The van der Waals surface area contributed by atoms with Gasteiger partial charge in [0.15, 0.2) is 0 Å². The number of nitrogens with two attached hydrogens (primary N) is 1. The van der Waals surface area contributed by atoms with Crippen molar-refractivity contribution in [3.63, 3.8) is 0 Å². The molecule has 0 aliphatic carbocycles. The summed E-state index contributed by atoms with van der Waals surface area (Å²) in [6, 6.07) is 6.58. The summed E-state index contributed by atoms with van der Waals surface area (Å²) >= 11 is 0. The number of fused-ring (bicyclic) bond motifs is 1. The van der Waals surface area contributed by atoms with E-state index >= 15 is 0 Å². The molecule has 0 saturated carbocycles. The van der Waals surface area contributed by atoms with Gasteiger partial charge in [-0.2, -0.15) is 0 Å². The van der Waals surface area contributed by atoms with Crippen LogP contribution in [0, 0.1) is 5.41 Å². The largest absolute Gasteiger partial charge is 0.331 e. The maximum Gasteiger partial charge on any atom is 0.112 e. The van der Waals surface area contributed by atoms with Gasteiger partial charge in [-0.25, -0.2) is 4.98 Å². The molecule has 0 atom stereocenters. The first-order valence-electron chi connectivity index (χ1n) is 6.99. The molecule has 19 heavy (non-hydrogen) atoms. The molecule has 0 amide bonds. The molecule has 3 nitrogen and oxygen atoms in total. The number of nitrogens with zero attached hydrogens (tertiary/aromatic N) is 2. The van der Waals surface area contributed by atoms with Crippen LogP contribution in [0.4, 0.5) is 0 Å². The molecule has 0 aliphatic rings. The van der Waals surface area contributed by atoms with E-state index in [0.717, 1.165) is 17.8 Å². The van der Waals surface area contributed by atoms with Crippen molar-refractivity contribution in [3.05, 3.63) is 29.6 Å². The van der Waals surface area contributed by atoms with Gasteiger partial charge < -0.3 is 10.3 Å². The van der Waals surface area contributed by atoms with Crippen LogP contribution in [0.1, 0.15) is 45.0 Å². The normalized spacial score (nSPS) is 12.6. The maximum absolute atomic E-state index is 5.81. The second-order valence-corrected chi connectivity index (χ2v) is 6.55. The van der Waals surface area contributed by atoms with Crippen molar-refractivity contribution in [2.45, 2.75) is 40.0 Å². The predicted octanol–water partition coefficient (Wildman–Crippen LogP) is 3.22. The molecule has 0 aliphatic heterocycles. The quantitative estimate of drug-likeness (QED) is 0.916. The standard InChI is InChI=1S/C16H25N3/c1-11(2)15-18-13-8-12(9-16(3,4)10-17)6-7-14(13)19(15)5/h6-8,11H,9-10,17H2,1-5H3. The fourth-order valence-corrected chi connectivity index (χ4v) is 2.52. The van der Waals surface area contributed by atoms with Gasteiger partial charge in [-0.05, 0) is 36.1 Å². The SMILES string of the molecule is CC(C)c1nc2cc(CC(C)(C)CN)ccc2n1C. The van der Waals surface area contributed by atoms with Crippen molar-refractivity contribution in [3.8, 4) is 0 Å². The molecule has 2 aromatic rings. The highest BCUT2D eigenvalue weighted by Gasteiger charge is 2.17. The number of aryl methyl sites for hydroxylation is 1. The summed E-state index contributed by atoms with van der Waals surface area (Å²) in [5.41, 5.74) is 9.57. The van der Waals surface area contributed by atoms with Crippen molar-refractivity contribution in [1.82, 2.24) is 9.55 Å². The van der Waals surface area contributed by atoms with E-state index in [2.05, 4.69) is 57.5 Å². The molecule has 1 aromatic heterocycles. The van der Waals surface area contributed by atoms with E-state index in [1.807, 2.05) is 0 Å². The van der Waals surface area contributed by atoms with Gasteiger partial charge in [-0.3, -0.25) is 0 Å². The van der Waals surface area contributed by atoms with Crippen LogP contribution in [0.5, 0.6) is 0 Å². The molecular weight excluding hydrogens is 234 g/mol. The van der Waals surface area contributed by atoms with Crippen molar-refractivity contribution in [2.24, 2.45) is 18.2 Å². The number of rotatable bonds is 4. The van der Waals surface area contributed by atoms with Gasteiger partial charge in [0, 0.05) is 13.0 Å². The van der Waals surface area contributed by atoms with Crippen molar-refractivity contribution >= 4 is 11.0 Å². The Morgan fingerprint density at radius 3 is 2.58 bits per heavy atom. The lowest BCUT2D eigenvalue weighted by Gasteiger charge is -2.22. The Bertz CT molecular complexity index is 579. The highest BCUT2D eigenvalue weighted by atomic mass is 15.1. The Morgan fingerprint density at radius 2 is 2.00 bits per heavy atom. The predicted molar refractivity (Wildman–Crippen MR) is 81.3 cm³/mol. The monoisotopic (exact) mass is 259 g/mol. The van der Waals surface area contributed by atoms with Crippen molar-refractivity contribution in [1.29, 1.82) is 0 Å². The van der Waals surface area contributed by atoms with Crippen LogP contribution < -0.4 is 5.73 Å². The molecule has 1 heterocycles. The van der Waals surface area contributed by atoms with Crippen LogP contribution in [-0.4, -0.2) is 16.1 Å². The number of benzene rings is 1. The van der Waals surface area contributed by atoms with Gasteiger partial charge in [0.2, 0.25) is 0 Å². The third kappa shape index (κ3) is 2.81. The molecule has 104 valence electrons. The minimum absolute atomic E-state index is 0.142. The Kier molecular flexibility index (Phi) is 3.68. The van der Waals surface area contributed by atoms with E-state index in [1.165, 1.54) is 11.1 Å². The summed E-state index contributed by atoms with van der Waals surface area (Å²) in [6.07, 6.45) is 0.993. The van der Waals surface area contributed by atoms with Gasteiger partial charge in [0.1, 0.15) is 5.82 Å². The van der Waals surface area contributed by atoms with E-state index in [1.54, 1.807) is 0 Å². The highest BCUT2D eigenvalue weighted by Crippen LogP contribution is 2.25. The number of imidazole rings is 1. The van der Waals surface area contributed by atoms with E-state index in [9.17, 15) is 0 Å². The number of hydrogen-bond acceptors (Lipinski definition) is 2. The first-order chi connectivity index (χ1) is 8.84. The van der Waals surface area contributed by atoms with Crippen LogP contribution >= 0.6 is 0 Å². The van der Waals surface area contributed by atoms with E-state index < -0.39 is 0 Å². The summed E-state index contributed by atoms with van der Waals surface area (Å²) in [4.78, 5) is 4.76. The molecule has 2 N–H and O–H groups in total. The minimum Gasteiger partial charge on any atom is -0.331 e. The van der Waals surface area contributed by atoms with E-state index in [0.29, 0.717) is 12.5 Å². The summed E-state index contributed by atoms with van der Waals surface area (Å²) in [7, 11) is 2.09. The van der Waals surface area contributed by atoms with E-state index in [4.69, 9.17) is 10.7 Å². The zero-order valence-corrected chi connectivity index (χ0v) is 12.7. The lowest BCUT2D eigenvalue weighted by atomic mass is 9.86. The van der Waals surface area contributed by atoms with Crippen molar-refractivity contribution in [2.75, 3.05) is 6.54 Å². The van der Waals surface area contributed by atoms with Gasteiger partial charge >= 0.3 is 0 Å². The van der Waals surface area contributed by atoms with Gasteiger partial charge in [0.05, 0.1) is 11.0 Å². The third-order valence-corrected chi connectivity index (χ3v) is 3.73. The third-order valence-electron chi connectivity index (χ3n) is 3.73. The van der Waals surface area contributed by atoms with Crippen LogP contribution in [-0.2, 0) is 13.5 Å². The molecule has 1 aromatic carbocycles. The zero-order chi connectivity index (χ0) is 14.2. The van der Waals surface area contributed by atoms with Gasteiger partial charge in [-0.15, -0.1) is 0 Å². The second-order valence-electron chi connectivity index (χ2n) is 6.55. The van der Waals surface area contributed by atoms with Gasteiger partial charge in [0.25, 0.3) is 0 Å². The lowest BCUT2D eigenvalue weighted by Crippen LogP contribution is -2.25. The van der Waals surface area contributed by atoms with Crippen LogP contribution in [0.15, 0.2) is 18.2 Å². The summed E-state index contributed by atoms with van der Waals surface area (Å²) < 4.78 is 2.19. The maximum atomic E-state index is 5.81. The number of aromatic nitrogens is 2. The Hall–Kier alpha value is -1.35. The first kappa shape index (κ1) is 14.1. The lowest BCUT2D eigenvalue weighted by molar-refractivity contribution is 0.377. The van der Waals surface area contributed by atoms with Crippen molar-refractivity contribution < 1.29 is 0 Å². The van der Waals surface area contributed by atoms with Crippen LogP contribution in [0.25, 0.3) is 11.0 Å². The van der Waals surface area contributed by atoms with Crippen LogP contribution in [0.3, 0.4) is 0 Å². The first-order valence-corrected chi connectivity index (χ1v) is 6.99. The topological polar surface area (TPSA) is 43.8 Å². The molecule has 0 radical (unpaired) electrons. The molecule has 0 unspecified atom stereocenters. The highest BCUT2D eigenvalue weighted by molar-refractivity contribution is 5.77. The summed E-state index contributed by atoms with van der Waals surface area (Å²) in [6.45, 7) is 9.47. The molecule has 0 bridgehead atoms. The van der Waals surface area contributed by atoms with E-state index in [-0.39, 0.29) is 5.41 Å². The molecular formula is C16H25N3.